The van der Waals surface area contributed by atoms with Crippen LogP contribution < -0.4 is 10.6 Å². The summed E-state index contributed by atoms with van der Waals surface area (Å²) in [7, 11) is 0. The number of carbonyl (C=O) groups is 1. The first kappa shape index (κ1) is 19.6. The third kappa shape index (κ3) is 5.13. The lowest BCUT2D eigenvalue weighted by Crippen LogP contribution is -2.54. The number of amides is 2. The van der Waals surface area contributed by atoms with E-state index in [-0.39, 0.29) is 6.03 Å². The molecule has 3 heteroatoms. The lowest BCUT2D eigenvalue weighted by Gasteiger charge is -2.40. The number of carbonyl (C=O) groups excluding carboxylic acids is 1. The summed E-state index contributed by atoms with van der Waals surface area (Å²) in [5.41, 5.74) is 0. The number of nitrogens with one attached hydrogen (secondary N) is 2. The summed E-state index contributed by atoms with van der Waals surface area (Å²) in [5, 5.41) is 6.70. The minimum Gasteiger partial charge on any atom is -0.335 e. The molecule has 0 radical (unpaired) electrons. The van der Waals surface area contributed by atoms with Crippen molar-refractivity contribution in [1.29, 1.82) is 0 Å². The second kappa shape index (κ2) is 8.58. The first-order chi connectivity index (χ1) is 11.3. The van der Waals surface area contributed by atoms with Gasteiger partial charge in [-0.1, -0.05) is 54.4 Å². The van der Waals surface area contributed by atoms with E-state index in [1.165, 1.54) is 25.7 Å². The Hall–Kier alpha value is -0.730. The average molecular weight is 337 g/mol. The fourth-order valence-electron chi connectivity index (χ4n) is 5.11. The highest BCUT2D eigenvalue weighted by Crippen LogP contribution is 2.35. The van der Waals surface area contributed by atoms with Crippen LogP contribution in [-0.2, 0) is 0 Å². The summed E-state index contributed by atoms with van der Waals surface area (Å²) in [6.07, 6.45) is 7.37. The zero-order valence-corrected chi connectivity index (χ0v) is 16.8. The van der Waals surface area contributed by atoms with Crippen molar-refractivity contribution in [2.75, 3.05) is 0 Å². The first-order valence-electron chi connectivity index (χ1n) is 10.3. The highest BCUT2D eigenvalue weighted by Gasteiger charge is 2.34. The minimum atomic E-state index is 0.0736. The van der Waals surface area contributed by atoms with Crippen molar-refractivity contribution >= 4 is 6.03 Å². The van der Waals surface area contributed by atoms with Crippen LogP contribution in [0.2, 0.25) is 0 Å². The summed E-state index contributed by atoms with van der Waals surface area (Å²) < 4.78 is 0. The Balaban J connectivity index is 1.94. The van der Waals surface area contributed by atoms with E-state index in [1.807, 2.05) is 0 Å². The van der Waals surface area contributed by atoms with Gasteiger partial charge in [0.15, 0.2) is 0 Å². The normalized spacial score (nSPS) is 37.5. The second-order valence-corrected chi connectivity index (χ2v) is 9.48. The van der Waals surface area contributed by atoms with E-state index in [4.69, 9.17) is 0 Å². The van der Waals surface area contributed by atoms with Crippen LogP contribution in [0.3, 0.4) is 0 Å². The van der Waals surface area contributed by atoms with E-state index in [2.05, 4.69) is 52.2 Å². The van der Waals surface area contributed by atoms with Gasteiger partial charge in [-0.2, -0.15) is 0 Å². The molecule has 2 aliphatic carbocycles. The molecule has 0 saturated heterocycles. The first-order valence-corrected chi connectivity index (χ1v) is 10.3. The van der Waals surface area contributed by atoms with Gasteiger partial charge < -0.3 is 10.6 Å². The smallest absolute Gasteiger partial charge is 0.315 e. The summed E-state index contributed by atoms with van der Waals surface area (Å²) in [6.45, 7) is 13.8. The van der Waals surface area contributed by atoms with Gasteiger partial charge in [0.2, 0.25) is 0 Å². The third-order valence-corrected chi connectivity index (χ3v) is 6.68. The fraction of sp³-hybridized carbons (Fsp3) is 0.952. The highest BCUT2D eigenvalue weighted by atomic mass is 16.2. The molecule has 140 valence electrons. The molecule has 0 aromatic rings. The summed E-state index contributed by atoms with van der Waals surface area (Å²) in [4.78, 5) is 12.7. The van der Waals surface area contributed by atoms with Gasteiger partial charge in [0.25, 0.3) is 0 Å². The monoisotopic (exact) mass is 336 g/mol. The van der Waals surface area contributed by atoms with Gasteiger partial charge in [-0.15, -0.1) is 0 Å². The van der Waals surface area contributed by atoms with Crippen LogP contribution in [0, 0.1) is 35.5 Å². The van der Waals surface area contributed by atoms with E-state index in [0.717, 1.165) is 24.7 Å². The number of hydrogen-bond donors (Lipinski definition) is 2. The Morgan fingerprint density at radius 3 is 1.46 bits per heavy atom. The molecule has 0 aromatic heterocycles. The van der Waals surface area contributed by atoms with Crippen molar-refractivity contribution in [2.24, 2.45) is 35.5 Å². The SMILES string of the molecule is CC(C)[C@@H]1CC[C@@H](C)C[C@@H]1NC(=O)N[C@H]1C[C@H](C)CC[C@H]1C(C)C. The Kier molecular flexibility index (Phi) is 7.00. The quantitative estimate of drug-likeness (QED) is 0.727. The van der Waals surface area contributed by atoms with Crippen molar-refractivity contribution in [3.05, 3.63) is 0 Å². The molecule has 2 aliphatic rings. The Morgan fingerprint density at radius 1 is 0.750 bits per heavy atom. The molecule has 0 aromatic carbocycles. The highest BCUT2D eigenvalue weighted by molar-refractivity contribution is 5.74. The summed E-state index contributed by atoms with van der Waals surface area (Å²) >= 11 is 0. The zero-order chi connectivity index (χ0) is 17.9. The standard InChI is InChI=1S/C21H40N2O/c1-13(2)17-9-7-15(5)11-19(17)22-21(24)23-20-12-16(6)8-10-18(20)14(3)4/h13-20H,7-12H2,1-6H3,(H2,22,23,24)/t15-,16-,17+,18+,19+,20+/m1/s1. The zero-order valence-electron chi connectivity index (χ0n) is 16.8. The van der Waals surface area contributed by atoms with Gasteiger partial charge in [0.05, 0.1) is 0 Å². The third-order valence-electron chi connectivity index (χ3n) is 6.68. The van der Waals surface area contributed by atoms with Crippen molar-refractivity contribution < 1.29 is 4.79 Å². The maximum atomic E-state index is 12.7. The minimum absolute atomic E-state index is 0.0736. The van der Waals surface area contributed by atoms with Gasteiger partial charge in [-0.05, 0) is 61.2 Å². The van der Waals surface area contributed by atoms with Crippen molar-refractivity contribution in [1.82, 2.24) is 10.6 Å². The molecule has 0 bridgehead atoms. The topological polar surface area (TPSA) is 41.1 Å². The van der Waals surface area contributed by atoms with Crippen LogP contribution in [0.1, 0.15) is 80.1 Å². The molecule has 3 nitrogen and oxygen atoms in total. The molecule has 2 rings (SSSR count). The predicted molar refractivity (Wildman–Crippen MR) is 102 cm³/mol. The van der Waals surface area contributed by atoms with E-state index in [9.17, 15) is 4.79 Å². The molecule has 0 heterocycles. The molecule has 2 N–H and O–H groups in total. The van der Waals surface area contributed by atoms with Crippen LogP contribution in [0.5, 0.6) is 0 Å². The number of urea groups is 1. The summed E-state index contributed by atoms with van der Waals surface area (Å²) in [6, 6.07) is 0.754. The molecular formula is C21H40N2O. The number of hydrogen-bond acceptors (Lipinski definition) is 1. The van der Waals surface area contributed by atoms with Crippen molar-refractivity contribution in [2.45, 2.75) is 92.2 Å². The molecule has 0 spiro atoms. The van der Waals surface area contributed by atoms with Gasteiger partial charge >= 0.3 is 6.03 Å². The molecule has 0 unspecified atom stereocenters. The molecular weight excluding hydrogens is 296 g/mol. The van der Waals surface area contributed by atoms with E-state index in [0.29, 0.717) is 35.8 Å². The van der Waals surface area contributed by atoms with Crippen LogP contribution in [0.15, 0.2) is 0 Å². The Morgan fingerprint density at radius 2 is 1.12 bits per heavy atom. The molecule has 2 saturated carbocycles. The number of rotatable bonds is 4. The lowest BCUT2D eigenvalue weighted by molar-refractivity contribution is 0.150. The lowest BCUT2D eigenvalue weighted by atomic mass is 9.73. The van der Waals surface area contributed by atoms with Gasteiger partial charge in [-0.3, -0.25) is 0 Å². The van der Waals surface area contributed by atoms with E-state index < -0.39 is 0 Å². The average Bonchev–Trinajstić information content (AvgIpc) is 2.46. The van der Waals surface area contributed by atoms with Gasteiger partial charge in [0, 0.05) is 12.1 Å². The van der Waals surface area contributed by atoms with Gasteiger partial charge in [0.1, 0.15) is 0 Å². The van der Waals surface area contributed by atoms with E-state index >= 15 is 0 Å². The largest absolute Gasteiger partial charge is 0.335 e. The predicted octanol–water partition coefficient (Wildman–Crippen LogP) is 5.21. The molecule has 24 heavy (non-hydrogen) atoms. The Labute approximate surface area is 149 Å². The van der Waals surface area contributed by atoms with E-state index in [1.54, 1.807) is 0 Å². The Bertz CT molecular complexity index is 371. The maximum absolute atomic E-state index is 12.7. The molecule has 6 atom stereocenters. The fourth-order valence-corrected chi connectivity index (χ4v) is 5.11. The van der Waals surface area contributed by atoms with Gasteiger partial charge in [-0.25, -0.2) is 4.79 Å². The van der Waals surface area contributed by atoms with Crippen LogP contribution in [0.4, 0.5) is 4.79 Å². The molecule has 0 aliphatic heterocycles. The van der Waals surface area contributed by atoms with Crippen LogP contribution in [-0.4, -0.2) is 18.1 Å². The molecule has 2 fully saturated rings. The van der Waals surface area contributed by atoms with Crippen LogP contribution in [0.25, 0.3) is 0 Å². The maximum Gasteiger partial charge on any atom is 0.315 e. The van der Waals surface area contributed by atoms with Crippen LogP contribution >= 0.6 is 0 Å². The van der Waals surface area contributed by atoms with Crippen molar-refractivity contribution in [3.63, 3.8) is 0 Å². The second-order valence-electron chi connectivity index (χ2n) is 9.48. The molecule has 2 amide bonds. The van der Waals surface area contributed by atoms with Crippen molar-refractivity contribution in [3.8, 4) is 0 Å². The summed E-state index contributed by atoms with van der Waals surface area (Å²) in [5.74, 6) is 3.98.